The monoisotopic (exact) mass is 411 g/mol. The molecule has 0 unspecified atom stereocenters. The largest absolute Gasteiger partial charge is 0.330 e. The van der Waals surface area contributed by atoms with Gasteiger partial charge in [-0.05, 0) is 25.8 Å². The van der Waals surface area contributed by atoms with Crippen molar-refractivity contribution in [1.82, 2.24) is 5.32 Å². The van der Waals surface area contributed by atoms with Crippen LogP contribution in [0.3, 0.4) is 0 Å². The molecule has 0 saturated carbocycles. The van der Waals surface area contributed by atoms with Gasteiger partial charge in [0.05, 0.1) is 6.04 Å². The van der Waals surface area contributed by atoms with Crippen molar-refractivity contribution in [1.29, 1.82) is 0 Å². The number of unbranched alkanes of at least 4 members (excludes halogenated alkanes) is 15. The van der Waals surface area contributed by atoms with Crippen molar-refractivity contribution in [2.45, 2.75) is 135 Å². The normalized spacial score (nSPS) is 12.1. The van der Waals surface area contributed by atoms with E-state index in [1.807, 2.05) is 0 Å². The van der Waals surface area contributed by atoms with E-state index in [9.17, 15) is 9.59 Å². The number of hydrogen-bond acceptors (Lipinski definition) is 4. The lowest BCUT2D eigenvalue weighted by Crippen LogP contribution is -2.43. The van der Waals surface area contributed by atoms with Crippen LogP contribution in [0.15, 0.2) is 0 Å². The SMILES string of the molecule is CCCCCCCCCCCCCCCCCC(=O)NC(=O)[C@@H](N)CCCCN. The first kappa shape index (κ1) is 28.1. The lowest BCUT2D eigenvalue weighted by atomic mass is 10.0. The molecule has 0 radical (unpaired) electrons. The first-order chi connectivity index (χ1) is 14.1. The highest BCUT2D eigenvalue weighted by Crippen LogP contribution is 2.13. The Morgan fingerprint density at radius 1 is 0.690 bits per heavy atom. The number of hydrogen-bond donors (Lipinski definition) is 3. The predicted octanol–water partition coefficient (Wildman–Crippen LogP) is 5.35. The number of rotatable bonds is 21. The van der Waals surface area contributed by atoms with Gasteiger partial charge in [0.25, 0.3) is 0 Å². The van der Waals surface area contributed by atoms with Crippen LogP contribution < -0.4 is 16.8 Å². The number of amides is 2. The van der Waals surface area contributed by atoms with Gasteiger partial charge in [0, 0.05) is 6.42 Å². The van der Waals surface area contributed by atoms with Gasteiger partial charge in [0.2, 0.25) is 11.8 Å². The van der Waals surface area contributed by atoms with E-state index in [1.165, 1.54) is 83.5 Å². The first-order valence-corrected chi connectivity index (χ1v) is 12.4. The summed E-state index contributed by atoms with van der Waals surface area (Å²) in [6, 6.07) is -0.605. The quantitative estimate of drug-likeness (QED) is 0.222. The Bertz CT molecular complexity index is 388. The zero-order valence-electron chi connectivity index (χ0n) is 19.2. The Morgan fingerprint density at radius 2 is 1.14 bits per heavy atom. The van der Waals surface area contributed by atoms with Gasteiger partial charge in [0.15, 0.2) is 0 Å². The van der Waals surface area contributed by atoms with Gasteiger partial charge in [-0.3, -0.25) is 14.9 Å². The fourth-order valence-electron chi connectivity index (χ4n) is 3.59. The molecule has 0 aromatic rings. The molecule has 0 aliphatic carbocycles. The van der Waals surface area contributed by atoms with Crippen molar-refractivity contribution in [3.8, 4) is 0 Å². The molecule has 29 heavy (non-hydrogen) atoms. The molecule has 5 heteroatoms. The van der Waals surface area contributed by atoms with E-state index >= 15 is 0 Å². The second kappa shape index (κ2) is 21.8. The maximum atomic E-state index is 11.8. The summed E-state index contributed by atoms with van der Waals surface area (Å²) in [4.78, 5) is 23.6. The third-order valence-electron chi connectivity index (χ3n) is 5.58. The molecule has 0 spiro atoms. The maximum absolute atomic E-state index is 11.8. The van der Waals surface area contributed by atoms with Gasteiger partial charge >= 0.3 is 0 Å². The maximum Gasteiger partial charge on any atom is 0.243 e. The van der Waals surface area contributed by atoms with Crippen LogP contribution in [0.4, 0.5) is 0 Å². The van der Waals surface area contributed by atoms with E-state index in [-0.39, 0.29) is 11.8 Å². The molecule has 5 N–H and O–H groups in total. The summed E-state index contributed by atoms with van der Waals surface area (Å²) in [5, 5.41) is 2.42. The third kappa shape index (κ3) is 20.1. The van der Waals surface area contributed by atoms with Crippen molar-refractivity contribution < 1.29 is 9.59 Å². The average molecular weight is 412 g/mol. The molecule has 0 aromatic carbocycles. The van der Waals surface area contributed by atoms with Crippen LogP contribution in [0.25, 0.3) is 0 Å². The zero-order valence-corrected chi connectivity index (χ0v) is 19.2. The molecule has 172 valence electrons. The highest BCUT2D eigenvalue weighted by molar-refractivity contribution is 5.97. The van der Waals surface area contributed by atoms with Gasteiger partial charge in [-0.25, -0.2) is 0 Å². The lowest BCUT2D eigenvalue weighted by molar-refractivity contribution is -0.131. The summed E-state index contributed by atoms with van der Waals surface area (Å²) in [6.07, 6.45) is 22.2. The van der Waals surface area contributed by atoms with E-state index in [0.717, 1.165) is 25.7 Å². The average Bonchev–Trinajstić information content (AvgIpc) is 2.70. The van der Waals surface area contributed by atoms with E-state index in [0.29, 0.717) is 19.4 Å². The van der Waals surface area contributed by atoms with Gasteiger partial charge in [-0.15, -0.1) is 0 Å². The van der Waals surface area contributed by atoms with E-state index in [4.69, 9.17) is 11.5 Å². The molecule has 1 atom stereocenters. The Hall–Kier alpha value is -0.940. The summed E-state index contributed by atoms with van der Waals surface area (Å²) < 4.78 is 0. The Balaban J connectivity index is 3.35. The van der Waals surface area contributed by atoms with Crippen molar-refractivity contribution in [2.24, 2.45) is 11.5 Å². The highest BCUT2D eigenvalue weighted by Gasteiger charge is 2.15. The number of imide groups is 1. The van der Waals surface area contributed by atoms with Gasteiger partial charge < -0.3 is 11.5 Å². The molecular weight excluding hydrogens is 362 g/mol. The summed E-state index contributed by atoms with van der Waals surface area (Å²) in [5.41, 5.74) is 11.2. The fraction of sp³-hybridized carbons (Fsp3) is 0.917. The minimum Gasteiger partial charge on any atom is -0.330 e. The third-order valence-corrected chi connectivity index (χ3v) is 5.58. The highest BCUT2D eigenvalue weighted by atomic mass is 16.2. The van der Waals surface area contributed by atoms with Gasteiger partial charge in [-0.1, -0.05) is 103 Å². The molecule has 0 heterocycles. The van der Waals surface area contributed by atoms with E-state index in [1.54, 1.807) is 0 Å². The van der Waals surface area contributed by atoms with Crippen LogP contribution >= 0.6 is 0 Å². The Labute approximate surface area is 180 Å². The summed E-state index contributed by atoms with van der Waals surface area (Å²) in [6.45, 7) is 2.87. The van der Waals surface area contributed by atoms with Crippen LogP contribution in [-0.2, 0) is 9.59 Å². The second-order valence-electron chi connectivity index (χ2n) is 8.50. The Morgan fingerprint density at radius 3 is 1.59 bits per heavy atom. The van der Waals surface area contributed by atoms with Crippen molar-refractivity contribution in [3.63, 3.8) is 0 Å². The van der Waals surface area contributed by atoms with Crippen LogP contribution in [-0.4, -0.2) is 24.4 Å². The molecule has 0 aromatic heterocycles. The minimum atomic E-state index is -0.605. The van der Waals surface area contributed by atoms with Crippen LogP contribution in [0.1, 0.15) is 129 Å². The second-order valence-corrected chi connectivity index (χ2v) is 8.50. The summed E-state index contributed by atoms with van der Waals surface area (Å²) in [7, 11) is 0. The number of carbonyl (C=O) groups is 2. The molecule has 0 aliphatic heterocycles. The van der Waals surface area contributed by atoms with E-state index in [2.05, 4.69) is 12.2 Å². The van der Waals surface area contributed by atoms with Crippen LogP contribution in [0.2, 0.25) is 0 Å². The molecule has 5 nitrogen and oxygen atoms in total. The first-order valence-electron chi connectivity index (χ1n) is 12.4. The van der Waals surface area contributed by atoms with Crippen LogP contribution in [0, 0.1) is 0 Å². The number of nitrogens with two attached hydrogens (primary N) is 2. The van der Waals surface area contributed by atoms with Crippen molar-refractivity contribution in [2.75, 3.05) is 6.54 Å². The standard InChI is InChI=1S/C24H49N3O2/c1-2-3-4-5-6-7-8-9-10-11-12-13-14-15-16-20-23(28)27-24(29)22(26)19-17-18-21-25/h22H,2-21,25-26H2,1H3,(H,27,28,29)/t22-/m0/s1. The molecule has 0 fully saturated rings. The lowest BCUT2D eigenvalue weighted by Gasteiger charge is -2.11. The molecule has 0 rings (SSSR count). The minimum absolute atomic E-state index is 0.195. The summed E-state index contributed by atoms with van der Waals surface area (Å²) >= 11 is 0. The number of nitrogens with one attached hydrogen (secondary N) is 1. The smallest absolute Gasteiger partial charge is 0.243 e. The van der Waals surface area contributed by atoms with Crippen molar-refractivity contribution >= 4 is 11.8 Å². The molecule has 2 amide bonds. The molecular formula is C24H49N3O2. The summed E-state index contributed by atoms with van der Waals surface area (Å²) in [5.74, 6) is -0.549. The van der Waals surface area contributed by atoms with Gasteiger partial charge in [-0.2, -0.15) is 0 Å². The zero-order chi connectivity index (χ0) is 21.6. The molecule has 0 bridgehead atoms. The van der Waals surface area contributed by atoms with Gasteiger partial charge in [0.1, 0.15) is 0 Å². The number of carbonyl (C=O) groups excluding carboxylic acids is 2. The molecule has 0 aliphatic rings. The molecule has 0 saturated heterocycles. The van der Waals surface area contributed by atoms with Crippen molar-refractivity contribution in [3.05, 3.63) is 0 Å². The van der Waals surface area contributed by atoms with E-state index < -0.39 is 6.04 Å². The fourth-order valence-corrected chi connectivity index (χ4v) is 3.59. The van der Waals surface area contributed by atoms with Crippen LogP contribution in [0.5, 0.6) is 0 Å². The predicted molar refractivity (Wildman–Crippen MR) is 124 cm³/mol. The topological polar surface area (TPSA) is 98.2 Å². The Kier molecular flexibility index (Phi) is 21.1.